The van der Waals surface area contributed by atoms with Crippen LogP contribution in [0.2, 0.25) is 0 Å². The highest BCUT2D eigenvalue weighted by Gasteiger charge is 2.16. The fourth-order valence-electron chi connectivity index (χ4n) is 4.13. The van der Waals surface area contributed by atoms with Crippen LogP contribution in [0.5, 0.6) is 17.2 Å². The first-order chi connectivity index (χ1) is 16.2. The third-order valence-electron chi connectivity index (χ3n) is 6.18. The SMILES string of the molecule is COc1cc(OC)cc(OCc2ccc(CCN3CCN(Cc4ccccc4)CC3)cc2)c1.Cl. The molecule has 1 aliphatic heterocycles. The van der Waals surface area contributed by atoms with Crippen molar-refractivity contribution in [3.63, 3.8) is 0 Å². The molecule has 3 aromatic carbocycles. The average molecular weight is 483 g/mol. The van der Waals surface area contributed by atoms with Crippen molar-refractivity contribution >= 4 is 12.4 Å². The number of rotatable bonds is 10. The number of methoxy groups -OCH3 is 2. The molecule has 0 N–H and O–H groups in total. The number of nitrogens with zero attached hydrogens (tertiary/aromatic N) is 2. The molecule has 0 bridgehead atoms. The molecule has 0 atom stereocenters. The van der Waals surface area contributed by atoms with Crippen LogP contribution in [0.3, 0.4) is 0 Å². The second-order valence-corrected chi connectivity index (χ2v) is 8.51. The summed E-state index contributed by atoms with van der Waals surface area (Å²) in [4.78, 5) is 5.13. The van der Waals surface area contributed by atoms with Crippen LogP contribution >= 0.6 is 12.4 Å². The second kappa shape index (κ2) is 13.2. The van der Waals surface area contributed by atoms with Gasteiger partial charge in [0.25, 0.3) is 0 Å². The lowest BCUT2D eigenvalue weighted by molar-refractivity contribution is 0.128. The van der Waals surface area contributed by atoms with E-state index in [1.54, 1.807) is 14.2 Å². The largest absolute Gasteiger partial charge is 0.496 e. The molecule has 0 spiro atoms. The molecule has 0 aliphatic carbocycles. The molecule has 0 aromatic heterocycles. The monoisotopic (exact) mass is 482 g/mol. The van der Waals surface area contributed by atoms with Gasteiger partial charge in [-0.2, -0.15) is 0 Å². The predicted molar refractivity (Wildman–Crippen MR) is 139 cm³/mol. The first-order valence-electron chi connectivity index (χ1n) is 11.6. The van der Waals surface area contributed by atoms with Gasteiger partial charge in [-0.05, 0) is 23.1 Å². The Balaban J connectivity index is 0.00000324. The zero-order valence-electron chi connectivity index (χ0n) is 20.1. The van der Waals surface area contributed by atoms with Gasteiger partial charge in [0.05, 0.1) is 14.2 Å². The molecule has 182 valence electrons. The molecule has 1 saturated heterocycles. The van der Waals surface area contributed by atoms with Gasteiger partial charge in [0.2, 0.25) is 0 Å². The minimum atomic E-state index is 0. The van der Waals surface area contributed by atoms with E-state index in [1.165, 1.54) is 11.1 Å². The van der Waals surface area contributed by atoms with Crippen molar-refractivity contribution in [3.8, 4) is 17.2 Å². The van der Waals surface area contributed by atoms with Crippen molar-refractivity contribution in [1.29, 1.82) is 0 Å². The van der Waals surface area contributed by atoms with Crippen LogP contribution in [-0.2, 0) is 19.6 Å². The van der Waals surface area contributed by atoms with Gasteiger partial charge in [0, 0.05) is 57.5 Å². The number of hydrogen-bond acceptors (Lipinski definition) is 5. The molecular formula is C28H35ClN2O3. The molecule has 3 aromatic rings. The number of ether oxygens (including phenoxy) is 3. The highest BCUT2D eigenvalue weighted by molar-refractivity contribution is 5.85. The molecule has 5 nitrogen and oxygen atoms in total. The minimum Gasteiger partial charge on any atom is -0.496 e. The summed E-state index contributed by atoms with van der Waals surface area (Å²) in [6.45, 7) is 7.24. The van der Waals surface area contributed by atoms with E-state index >= 15 is 0 Å². The maximum absolute atomic E-state index is 5.95. The third-order valence-corrected chi connectivity index (χ3v) is 6.18. The fraction of sp³-hybridized carbons (Fsp3) is 0.357. The van der Waals surface area contributed by atoms with E-state index in [4.69, 9.17) is 14.2 Å². The Morgan fingerprint density at radius 3 is 1.82 bits per heavy atom. The number of hydrogen-bond donors (Lipinski definition) is 0. The van der Waals surface area contributed by atoms with Crippen LogP contribution in [0.15, 0.2) is 72.8 Å². The standard InChI is InChI=1S/C28H34N2O3.ClH/c1-31-26-18-27(32-2)20-28(19-26)33-22-25-10-8-23(9-11-25)12-13-29-14-16-30(17-15-29)21-24-6-4-3-5-7-24;/h3-11,18-20H,12-17,21-22H2,1-2H3;1H. The molecule has 1 heterocycles. The van der Waals surface area contributed by atoms with Crippen molar-refractivity contribution in [2.45, 2.75) is 19.6 Å². The van der Waals surface area contributed by atoms with Crippen molar-refractivity contribution in [2.24, 2.45) is 0 Å². The van der Waals surface area contributed by atoms with Gasteiger partial charge in [-0.1, -0.05) is 54.6 Å². The van der Waals surface area contributed by atoms with E-state index in [9.17, 15) is 0 Å². The Labute approximate surface area is 209 Å². The van der Waals surface area contributed by atoms with Crippen LogP contribution in [0, 0.1) is 0 Å². The van der Waals surface area contributed by atoms with Crippen molar-refractivity contribution in [3.05, 3.63) is 89.5 Å². The zero-order valence-corrected chi connectivity index (χ0v) is 20.9. The summed E-state index contributed by atoms with van der Waals surface area (Å²) in [5, 5.41) is 0. The van der Waals surface area contributed by atoms with Crippen molar-refractivity contribution in [1.82, 2.24) is 9.80 Å². The van der Waals surface area contributed by atoms with Crippen LogP contribution in [0.4, 0.5) is 0 Å². The maximum atomic E-state index is 5.95. The second-order valence-electron chi connectivity index (χ2n) is 8.51. The Kier molecular flexibility index (Phi) is 10.1. The van der Waals surface area contributed by atoms with Crippen LogP contribution < -0.4 is 14.2 Å². The van der Waals surface area contributed by atoms with E-state index in [2.05, 4.69) is 64.4 Å². The highest BCUT2D eigenvalue weighted by atomic mass is 35.5. The van der Waals surface area contributed by atoms with Gasteiger partial charge in [-0.3, -0.25) is 4.90 Å². The van der Waals surface area contributed by atoms with E-state index in [1.807, 2.05) is 18.2 Å². The summed E-state index contributed by atoms with van der Waals surface area (Å²) in [6.07, 6.45) is 1.08. The lowest BCUT2D eigenvalue weighted by Crippen LogP contribution is -2.46. The lowest BCUT2D eigenvalue weighted by Gasteiger charge is -2.34. The van der Waals surface area contributed by atoms with Crippen molar-refractivity contribution in [2.75, 3.05) is 46.9 Å². The Morgan fingerprint density at radius 2 is 1.21 bits per heavy atom. The molecule has 0 unspecified atom stereocenters. The van der Waals surface area contributed by atoms with Crippen LogP contribution in [-0.4, -0.2) is 56.7 Å². The quantitative estimate of drug-likeness (QED) is 0.403. The normalized spacial score (nSPS) is 14.3. The topological polar surface area (TPSA) is 34.2 Å². The first-order valence-corrected chi connectivity index (χ1v) is 11.6. The van der Waals surface area contributed by atoms with Gasteiger partial charge in [-0.25, -0.2) is 0 Å². The Morgan fingerprint density at radius 1 is 0.647 bits per heavy atom. The third kappa shape index (κ3) is 7.66. The van der Waals surface area contributed by atoms with Gasteiger partial charge >= 0.3 is 0 Å². The fourth-order valence-corrected chi connectivity index (χ4v) is 4.13. The van der Waals surface area contributed by atoms with Gasteiger partial charge < -0.3 is 19.1 Å². The summed E-state index contributed by atoms with van der Waals surface area (Å²) in [5.74, 6) is 2.18. The summed E-state index contributed by atoms with van der Waals surface area (Å²) >= 11 is 0. The molecule has 0 radical (unpaired) electrons. The number of benzene rings is 3. The predicted octanol–water partition coefficient (Wildman–Crippen LogP) is 5.06. The first kappa shape index (κ1) is 25.9. The molecule has 4 rings (SSSR count). The average Bonchev–Trinajstić information content (AvgIpc) is 2.88. The molecular weight excluding hydrogens is 448 g/mol. The summed E-state index contributed by atoms with van der Waals surface area (Å²) in [6, 6.07) is 25.1. The summed E-state index contributed by atoms with van der Waals surface area (Å²) in [7, 11) is 3.28. The molecule has 6 heteroatoms. The van der Waals surface area contributed by atoms with E-state index in [0.29, 0.717) is 6.61 Å². The molecule has 1 fully saturated rings. The number of halogens is 1. The van der Waals surface area contributed by atoms with E-state index in [0.717, 1.165) is 68.5 Å². The highest BCUT2D eigenvalue weighted by Crippen LogP contribution is 2.28. The molecule has 0 amide bonds. The lowest BCUT2D eigenvalue weighted by atomic mass is 10.1. The maximum Gasteiger partial charge on any atom is 0.127 e. The minimum absolute atomic E-state index is 0. The van der Waals surface area contributed by atoms with Crippen LogP contribution in [0.1, 0.15) is 16.7 Å². The van der Waals surface area contributed by atoms with Gasteiger partial charge in [-0.15, -0.1) is 12.4 Å². The molecule has 0 saturated carbocycles. The summed E-state index contributed by atoms with van der Waals surface area (Å²) < 4.78 is 16.6. The zero-order chi connectivity index (χ0) is 22.9. The smallest absolute Gasteiger partial charge is 0.127 e. The van der Waals surface area contributed by atoms with E-state index < -0.39 is 0 Å². The summed E-state index contributed by atoms with van der Waals surface area (Å²) in [5.41, 5.74) is 3.92. The molecule has 1 aliphatic rings. The van der Waals surface area contributed by atoms with Crippen LogP contribution in [0.25, 0.3) is 0 Å². The number of piperazine rings is 1. The van der Waals surface area contributed by atoms with Gasteiger partial charge in [0.1, 0.15) is 23.9 Å². The van der Waals surface area contributed by atoms with Gasteiger partial charge in [0.15, 0.2) is 0 Å². The van der Waals surface area contributed by atoms with E-state index in [-0.39, 0.29) is 12.4 Å². The Bertz CT molecular complexity index is 968. The Hall–Kier alpha value is -2.73. The molecule has 34 heavy (non-hydrogen) atoms. The van der Waals surface area contributed by atoms with Crippen molar-refractivity contribution < 1.29 is 14.2 Å².